The molecule has 2 aromatic heterocycles. The molecular weight excluding hydrogens is 503 g/mol. The van der Waals surface area contributed by atoms with E-state index >= 15 is 0 Å². The molecule has 1 fully saturated rings. The number of hydrogen-bond acceptors (Lipinski definition) is 12. The van der Waals surface area contributed by atoms with Gasteiger partial charge in [0.25, 0.3) is 5.56 Å². The number of aliphatic hydroxyl groups excluding tert-OH is 2. The van der Waals surface area contributed by atoms with Crippen molar-refractivity contribution < 1.29 is 56.8 Å². The van der Waals surface area contributed by atoms with Gasteiger partial charge in [0.1, 0.15) is 18.3 Å². The van der Waals surface area contributed by atoms with Crippen molar-refractivity contribution >= 4 is 40.4 Å². The van der Waals surface area contributed by atoms with Crippen LogP contribution in [-0.4, -0.2) is 67.6 Å². The van der Waals surface area contributed by atoms with E-state index in [1.165, 1.54) is 0 Å². The van der Waals surface area contributed by atoms with Crippen molar-refractivity contribution in [3.05, 3.63) is 28.6 Å². The van der Waals surface area contributed by atoms with Crippen LogP contribution < -0.4 is 11.3 Å². The molecule has 0 aromatic carbocycles. The number of nitrogens with one attached hydrogen (secondary N) is 1. The van der Waals surface area contributed by atoms with E-state index in [2.05, 4.69) is 23.6 Å². The number of hydrogen-bond donors (Lipinski definition) is 8. The van der Waals surface area contributed by atoms with Gasteiger partial charge in [-0.15, -0.1) is 0 Å². The molecule has 0 radical (unpaired) electrons. The summed E-state index contributed by atoms with van der Waals surface area (Å²) in [6, 6.07) is 0. The zero-order chi connectivity index (χ0) is 24.1. The largest absolute Gasteiger partial charge is 0.488 e. The SMILES string of the molecule is Nc1nc2c(ncn2[C@@H]2O[C@H](/C=C/P(=O)(O)OP(=O)(O)OP(=O)(O)O)[C@@H](O)[C@H]2O)c(=O)[nH]1. The number of rotatable bonds is 7. The average molecular weight is 519 g/mol. The highest BCUT2D eigenvalue weighted by molar-refractivity contribution is 7.69. The Balaban J connectivity index is 1.81. The second-order valence-electron chi connectivity index (χ2n) is 6.28. The minimum Gasteiger partial charge on any atom is -0.387 e. The fraction of sp³-hybridized carbons (Fsp3) is 0.364. The summed E-state index contributed by atoms with van der Waals surface area (Å²) in [7, 11) is -16.4. The molecule has 3 rings (SSSR count). The third kappa shape index (κ3) is 5.58. The molecule has 18 nitrogen and oxygen atoms in total. The molecule has 2 aromatic rings. The molecule has 0 saturated carbocycles. The average Bonchev–Trinajstić information content (AvgIpc) is 3.12. The number of aliphatic hydroxyl groups is 2. The van der Waals surface area contributed by atoms with E-state index in [1.54, 1.807) is 0 Å². The number of ether oxygens (including phenoxy) is 1. The highest BCUT2D eigenvalue weighted by Gasteiger charge is 2.44. The summed E-state index contributed by atoms with van der Waals surface area (Å²) in [5.74, 6) is 0.00699. The third-order valence-corrected chi connectivity index (χ3v) is 7.88. The normalized spacial score (nSPS) is 28.2. The number of aromatic amines is 1. The number of nitrogen functional groups attached to an aromatic ring is 1. The van der Waals surface area contributed by atoms with Crippen molar-refractivity contribution in [1.82, 2.24) is 19.5 Å². The van der Waals surface area contributed by atoms with E-state index in [0.29, 0.717) is 6.08 Å². The molecular formula is C11H16N5O13P3. The standard InChI is InChI=1S/C11H16N5O13P3/c12-11-14-8-5(9(19)15-11)13-3-16(8)10-7(18)6(17)4(27-10)1-2-30(20,21)28-32(25,26)29-31(22,23)24/h1-4,6-7,10,17-18H,(H,20,21)(H,25,26)(H2,22,23,24)(H3,12,14,15,19)/b2-1+/t4-,6-,7-,10-/m1/s1. The highest BCUT2D eigenvalue weighted by Crippen LogP contribution is 2.66. The molecule has 0 aliphatic carbocycles. The van der Waals surface area contributed by atoms with Crippen LogP contribution in [0.25, 0.3) is 11.2 Å². The lowest BCUT2D eigenvalue weighted by Gasteiger charge is -2.16. The highest BCUT2D eigenvalue weighted by atomic mass is 31.3. The van der Waals surface area contributed by atoms with E-state index in [9.17, 15) is 33.6 Å². The molecule has 32 heavy (non-hydrogen) atoms. The van der Waals surface area contributed by atoms with Gasteiger partial charge in [0.05, 0.1) is 6.33 Å². The van der Waals surface area contributed by atoms with Crippen LogP contribution >= 0.6 is 23.2 Å². The Kier molecular flexibility index (Phi) is 6.63. The van der Waals surface area contributed by atoms with E-state index in [-0.39, 0.29) is 22.9 Å². The summed E-state index contributed by atoms with van der Waals surface area (Å²) in [6.07, 6.45) is -4.48. The number of phosphoric acid groups is 2. The number of aromatic nitrogens is 4. The van der Waals surface area contributed by atoms with E-state index < -0.39 is 53.3 Å². The van der Waals surface area contributed by atoms with Crippen molar-refractivity contribution in [3.8, 4) is 0 Å². The van der Waals surface area contributed by atoms with Gasteiger partial charge >= 0.3 is 23.2 Å². The Morgan fingerprint density at radius 3 is 2.44 bits per heavy atom. The van der Waals surface area contributed by atoms with Crippen molar-refractivity contribution in [2.75, 3.05) is 5.73 Å². The Hall–Kier alpha value is -1.78. The maximum Gasteiger partial charge on any atom is 0.488 e. The summed E-state index contributed by atoms with van der Waals surface area (Å²) in [5.41, 5.74) is 4.55. The molecule has 6 atom stereocenters. The Morgan fingerprint density at radius 1 is 1.16 bits per heavy atom. The molecule has 3 heterocycles. The number of anilines is 1. The van der Waals surface area contributed by atoms with Gasteiger partial charge in [0, 0.05) is 5.82 Å². The van der Waals surface area contributed by atoms with Gasteiger partial charge in [-0.2, -0.15) is 9.29 Å². The van der Waals surface area contributed by atoms with Gasteiger partial charge in [-0.25, -0.2) is 18.4 Å². The van der Waals surface area contributed by atoms with E-state index in [0.717, 1.165) is 10.9 Å². The molecule has 0 spiro atoms. The Morgan fingerprint density at radius 2 is 1.81 bits per heavy atom. The molecule has 1 saturated heterocycles. The van der Waals surface area contributed by atoms with Gasteiger partial charge in [0.15, 0.2) is 17.4 Å². The fourth-order valence-electron chi connectivity index (χ4n) is 2.72. The van der Waals surface area contributed by atoms with Crippen LogP contribution in [0.3, 0.4) is 0 Å². The maximum absolute atomic E-state index is 11.9. The number of H-pyrrole nitrogens is 1. The molecule has 21 heteroatoms. The molecule has 9 N–H and O–H groups in total. The fourth-order valence-corrected chi connectivity index (χ4v) is 5.97. The van der Waals surface area contributed by atoms with Crippen molar-refractivity contribution in [2.24, 2.45) is 0 Å². The first-order chi connectivity index (χ1) is 14.6. The first kappa shape index (κ1) is 24.9. The number of imidazole rings is 1. The van der Waals surface area contributed by atoms with E-state index in [4.69, 9.17) is 25.2 Å². The number of nitrogens with zero attached hydrogens (tertiary/aromatic N) is 3. The molecule has 178 valence electrons. The van der Waals surface area contributed by atoms with Crippen molar-refractivity contribution in [3.63, 3.8) is 0 Å². The molecule has 0 bridgehead atoms. The first-order valence-electron chi connectivity index (χ1n) is 8.15. The predicted octanol–water partition coefficient (Wildman–Crippen LogP) is -1.75. The second kappa shape index (κ2) is 8.53. The predicted molar refractivity (Wildman–Crippen MR) is 101 cm³/mol. The zero-order valence-electron chi connectivity index (χ0n) is 15.3. The zero-order valence-corrected chi connectivity index (χ0v) is 18.0. The van der Waals surface area contributed by atoms with Crippen LogP contribution in [0, 0.1) is 0 Å². The monoisotopic (exact) mass is 519 g/mol. The van der Waals surface area contributed by atoms with Crippen LogP contribution in [0.4, 0.5) is 5.95 Å². The Labute approximate surface area is 176 Å². The lowest BCUT2D eigenvalue weighted by Crippen LogP contribution is -2.30. The molecule has 0 amide bonds. The lowest BCUT2D eigenvalue weighted by atomic mass is 10.1. The van der Waals surface area contributed by atoms with Crippen molar-refractivity contribution in [2.45, 2.75) is 24.5 Å². The van der Waals surface area contributed by atoms with Gasteiger partial charge in [-0.05, 0) is 6.08 Å². The van der Waals surface area contributed by atoms with Gasteiger partial charge in [-0.1, -0.05) is 0 Å². The summed E-state index contributed by atoms with van der Waals surface area (Å²) in [6.45, 7) is 0. The molecule has 2 unspecified atom stereocenters. The quantitative estimate of drug-likeness (QED) is 0.188. The van der Waals surface area contributed by atoms with Crippen LogP contribution in [-0.2, 0) is 27.1 Å². The minimum atomic E-state index is -5.66. The van der Waals surface area contributed by atoms with Crippen LogP contribution in [0.2, 0.25) is 0 Å². The summed E-state index contributed by atoms with van der Waals surface area (Å²) in [4.78, 5) is 57.6. The first-order valence-corrected chi connectivity index (χ1v) is 12.8. The van der Waals surface area contributed by atoms with Crippen LogP contribution in [0.5, 0.6) is 0 Å². The number of fused-ring (bicyclic) bond motifs is 1. The smallest absolute Gasteiger partial charge is 0.387 e. The summed E-state index contributed by atoms with van der Waals surface area (Å²) in [5, 5.41) is 20.5. The van der Waals surface area contributed by atoms with Gasteiger partial charge in [-0.3, -0.25) is 18.9 Å². The summed E-state index contributed by atoms with van der Waals surface area (Å²) < 4.78 is 47.7. The van der Waals surface area contributed by atoms with Crippen molar-refractivity contribution in [1.29, 1.82) is 0 Å². The van der Waals surface area contributed by atoms with Gasteiger partial charge < -0.3 is 40.3 Å². The Bertz CT molecular complexity index is 1250. The van der Waals surface area contributed by atoms with Crippen LogP contribution in [0.1, 0.15) is 6.23 Å². The van der Waals surface area contributed by atoms with Crippen LogP contribution in [0.15, 0.2) is 23.0 Å². The lowest BCUT2D eigenvalue weighted by molar-refractivity contribution is -0.0244. The maximum atomic E-state index is 11.9. The topological polar surface area (TPSA) is 290 Å². The third-order valence-electron chi connectivity index (χ3n) is 3.89. The van der Waals surface area contributed by atoms with Gasteiger partial charge in [0.2, 0.25) is 5.95 Å². The number of nitrogens with two attached hydrogens (primary N) is 1. The second-order valence-corrected chi connectivity index (χ2v) is 10.9. The summed E-state index contributed by atoms with van der Waals surface area (Å²) >= 11 is 0. The molecule has 1 aliphatic heterocycles. The minimum absolute atomic E-state index is 0.0981. The molecule has 1 aliphatic rings. The van der Waals surface area contributed by atoms with E-state index in [1.807, 2.05) is 0 Å².